The van der Waals surface area contributed by atoms with Crippen LogP contribution in [0.1, 0.15) is 25.3 Å². The molecule has 19 heavy (non-hydrogen) atoms. The molecule has 102 valence electrons. The van der Waals surface area contributed by atoms with Crippen molar-refractivity contribution < 1.29 is 14.0 Å². The minimum Gasteiger partial charge on any atom is -0.497 e. The van der Waals surface area contributed by atoms with Crippen LogP contribution < -0.4 is 15.2 Å². The Balaban J connectivity index is 2.59. The zero-order valence-electron chi connectivity index (χ0n) is 11.6. The summed E-state index contributed by atoms with van der Waals surface area (Å²) in [6.45, 7) is 4.09. The Hall–Kier alpha value is -2.17. The summed E-state index contributed by atoms with van der Waals surface area (Å²) in [5.74, 6) is 2.67. The molecule has 0 amide bonds. The van der Waals surface area contributed by atoms with Crippen LogP contribution >= 0.6 is 0 Å². The number of benzene rings is 1. The zero-order chi connectivity index (χ0) is 14.0. The molecule has 0 spiro atoms. The molecular formula is C14H18N2O3. The molecule has 0 aliphatic heterocycles. The second-order valence-electron chi connectivity index (χ2n) is 4.53. The molecule has 1 heterocycles. The topological polar surface area (TPSA) is 70.5 Å². The van der Waals surface area contributed by atoms with Crippen LogP contribution in [-0.2, 0) is 0 Å². The van der Waals surface area contributed by atoms with Crippen LogP contribution in [-0.4, -0.2) is 19.4 Å². The third kappa shape index (κ3) is 2.36. The summed E-state index contributed by atoms with van der Waals surface area (Å²) in [5.41, 5.74) is 7.56. The van der Waals surface area contributed by atoms with Gasteiger partial charge in [-0.2, -0.15) is 0 Å². The van der Waals surface area contributed by atoms with Crippen LogP contribution in [0.4, 0.5) is 5.82 Å². The monoisotopic (exact) mass is 262 g/mol. The van der Waals surface area contributed by atoms with Gasteiger partial charge in [-0.05, 0) is 18.1 Å². The molecular weight excluding hydrogens is 244 g/mol. The van der Waals surface area contributed by atoms with Crippen molar-refractivity contribution in [3.63, 3.8) is 0 Å². The van der Waals surface area contributed by atoms with Gasteiger partial charge in [0.05, 0.1) is 19.8 Å². The lowest BCUT2D eigenvalue weighted by atomic mass is 9.99. The molecule has 5 heteroatoms. The molecule has 0 unspecified atom stereocenters. The third-order valence-corrected chi connectivity index (χ3v) is 2.99. The van der Waals surface area contributed by atoms with E-state index in [9.17, 15) is 0 Å². The summed E-state index contributed by atoms with van der Waals surface area (Å²) in [5, 5.41) is 3.85. The van der Waals surface area contributed by atoms with Gasteiger partial charge in [0, 0.05) is 11.6 Å². The van der Waals surface area contributed by atoms with Crippen molar-refractivity contribution in [2.75, 3.05) is 20.0 Å². The number of anilines is 1. The maximum absolute atomic E-state index is 5.86. The predicted octanol–water partition coefficient (Wildman–Crippen LogP) is 3.06. The van der Waals surface area contributed by atoms with Crippen LogP contribution in [0.2, 0.25) is 0 Å². The number of nitrogens with two attached hydrogens (primary N) is 1. The maximum Gasteiger partial charge on any atom is 0.176 e. The number of methoxy groups -OCH3 is 2. The van der Waals surface area contributed by atoms with Gasteiger partial charge < -0.3 is 19.7 Å². The lowest BCUT2D eigenvalue weighted by molar-refractivity contribution is 0.391. The number of nitrogen functional groups attached to an aromatic ring is 1. The average Bonchev–Trinajstić information content (AvgIpc) is 2.79. The minimum absolute atomic E-state index is 0.216. The van der Waals surface area contributed by atoms with Gasteiger partial charge in [-0.1, -0.05) is 19.0 Å². The van der Waals surface area contributed by atoms with Gasteiger partial charge >= 0.3 is 0 Å². The number of ether oxygens (including phenoxy) is 2. The summed E-state index contributed by atoms with van der Waals surface area (Å²) in [4.78, 5) is 0. The van der Waals surface area contributed by atoms with E-state index in [0.717, 1.165) is 16.9 Å². The fraction of sp³-hybridized carbons (Fsp3) is 0.357. The largest absolute Gasteiger partial charge is 0.497 e. The number of aromatic nitrogens is 1. The quantitative estimate of drug-likeness (QED) is 0.916. The highest BCUT2D eigenvalue weighted by atomic mass is 16.5. The first-order valence-electron chi connectivity index (χ1n) is 6.06. The van der Waals surface area contributed by atoms with E-state index >= 15 is 0 Å². The van der Waals surface area contributed by atoms with Gasteiger partial charge in [-0.3, -0.25) is 0 Å². The SMILES string of the molecule is COc1ccc(-c2onc(N)c2C(C)C)c(OC)c1. The Labute approximate surface area is 112 Å². The lowest BCUT2D eigenvalue weighted by Crippen LogP contribution is -1.96. The third-order valence-electron chi connectivity index (χ3n) is 2.99. The van der Waals surface area contributed by atoms with E-state index in [4.69, 9.17) is 19.7 Å². The smallest absolute Gasteiger partial charge is 0.176 e. The van der Waals surface area contributed by atoms with Crippen molar-refractivity contribution >= 4 is 5.82 Å². The zero-order valence-corrected chi connectivity index (χ0v) is 11.6. The second kappa shape index (κ2) is 5.22. The number of hydrogen-bond donors (Lipinski definition) is 1. The fourth-order valence-corrected chi connectivity index (χ4v) is 2.05. The lowest BCUT2D eigenvalue weighted by Gasteiger charge is -2.10. The van der Waals surface area contributed by atoms with Crippen molar-refractivity contribution in [2.45, 2.75) is 19.8 Å². The van der Waals surface area contributed by atoms with Gasteiger partial charge in [0.2, 0.25) is 0 Å². The molecule has 0 bridgehead atoms. The summed E-state index contributed by atoms with van der Waals surface area (Å²) in [6.07, 6.45) is 0. The molecule has 0 aliphatic carbocycles. The summed E-state index contributed by atoms with van der Waals surface area (Å²) >= 11 is 0. The van der Waals surface area contributed by atoms with Crippen LogP contribution in [0, 0.1) is 0 Å². The molecule has 2 rings (SSSR count). The molecule has 0 atom stereocenters. The van der Waals surface area contributed by atoms with Gasteiger partial charge in [0.25, 0.3) is 0 Å². The summed E-state index contributed by atoms with van der Waals surface area (Å²) in [6, 6.07) is 5.53. The predicted molar refractivity (Wildman–Crippen MR) is 73.5 cm³/mol. The highest BCUT2D eigenvalue weighted by Crippen LogP contribution is 2.39. The summed E-state index contributed by atoms with van der Waals surface area (Å²) in [7, 11) is 3.22. The first kappa shape index (κ1) is 13.3. The van der Waals surface area contributed by atoms with Gasteiger partial charge in [-0.15, -0.1) is 0 Å². The first-order chi connectivity index (χ1) is 9.08. The van der Waals surface area contributed by atoms with Crippen molar-refractivity contribution in [3.05, 3.63) is 23.8 Å². The van der Waals surface area contributed by atoms with E-state index < -0.39 is 0 Å². The van der Waals surface area contributed by atoms with Crippen LogP contribution in [0.5, 0.6) is 11.5 Å². The van der Waals surface area contributed by atoms with Crippen molar-refractivity contribution in [3.8, 4) is 22.8 Å². The Morgan fingerprint density at radius 1 is 1.21 bits per heavy atom. The molecule has 0 saturated carbocycles. The maximum atomic E-state index is 5.86. The van der Waals surface area contributed by atoms with Crippen LogP contribution in [0.15, 0.2) is 22.7 Å². The molecule has 0 radical (unpaired) electrons. The van der Waals surface area contributed by atoms with Crippen molar-refractivity contribution in [2.24, 2.45) is 0 Å². The fourth-order valence-electron chi connectivity index (χ4n) is 2.05. The van der Waals surface area contributed by atoms with Crippen molar-refractivity contribution in [1.29, 1.82) is 0 Å². The number of nitrogens with zero attached hydrogens (tertiary/aromatic N) is 1. The molecule has 2 aromatic rings. The van der Waals surface area contributed by atoms with E-state index in [1.807, 2.05) is 26.0 Å². The number of hydrogen-bond acceptors (Lipinski definition) is 5. The van der Waals surface area contributed by atoms with Crippen molar-refractivity contribution in [1.82, 2.24) is 5.16 Å². The minimum atomic E-state index is 0.216. The molecule has 5 nitrogen and oxygen atoms in total. The van der Waals surface area contributed by atoms with Gasteiger partial charge in [-0.25, -0.2) is 0 Å². The van der Waals surface area contributed by atoms with E-state index in [1.54, 1.807) is 20.3 Å². The van der Waals surface area contributed by atoms with E-state index in [1.165, 1.54) is 0 Å². The first-order valence-corrected chi connectivity index (χ1v) is 6.06. The van der Waals surface area contributed by atoms with Crippen LogP contribution in [0.25, 0.3) is 11.3 Å². The Bertz CT molecular complexity index is 576. The standard InChI is InChI=1S/C14H18N2O3/c1-8(2)12-13(19-16-14(12)15)10-6-5-9(17-3)7-11(10)18-4/h5-8H,1-4H3,(H2,15,16). The van der Waals surface area contributed by atoms with E-state index in [-0.39, 0.29) is 5.92 Å². The average molecular weight is 262 g/mol. The summed E-state index contributed by atoms with van der Waals surface area (Å²) < 4.78 is 15.9. The second-order valence-corrected chi connectivity index (χ2v) is 4.53. The Kier molecular flexibility index (Phi) is 3.64. The number of rotatable bonds is 4. The van der Waals surface area contributed by atoms with Gasteiger partial charge in [0.15, 0.2) is 11.6 Å². The molecule has 2 N–H and O–H groups in total. The van der Waals surface area contributed by atoms with Gasteiger partial charge in [0.1, 0.15) is 11.5 Å². The highest BCUT2D eigenvalue weighted by Gasteiger charge is 2.21. The molecule has 1 aromatic carbocycles. The normalized spacial score (nSPS) is 10.8. The Morgan fingerprint density at radius 3 is 2.53 bits per heavy atom. The molecule has 0 fully saturated rings. The highest BCUT2D eigenvalue weighted by molar-refractivity contribution is 5.73. The van der Waals surface area contributed by atoms with E-state index in [2.05, 4.69) is 5.16 Å². The molecule has 1 aromatic heterocycles. The molecule has 0 saturated heterocycles. The Morgan fingerprint density at radius 2 is 1.95 bits per heavy atom. The van der Waals surface area contributed by atoms with Crippen LogP contribution in [0.3, 0.4) is 0 Å². The van der Waals surface area contributed by atoms with E-state index in [0.29, 0.717) is 17.3 Å². The molecule has 0 aliphatic rings.